The van der Waals surface area contributed by atoms with Gasteiger partial charge in [0.15, 0.2) is 0 Å². The molecule has 0 amide bonds. The van der Waals surface area contributed by atoms with Crippen LogP contribution in [-0.2, 0) is 4.79 Å². The Balaban J connectivity index is 1.39. The molecule has 0 saturated carbocycles. The second kappa shape index (κ2) is 9.21. The molecule has 0 fully saturated rings. The maximum Gasteiger partial charge on any atom is 0.304 e. The summed E-state index contributed by atoms with van der Waals surface area (Å²) in [7, 11) is 0. The summed E-state index contributed by atoms with van der Waals surface area (Å²) < 4.78 is 25.3. The molecule has 2 N–H and O–H groups in total. The van der Waals surface area contributed by atoms with Crippen LogP contribution in [0.3, 0.4) is 0 Å². The summed E-state index contributed by atoms with van der Waals surface area (Å²) in [5.41, 5.74) is 4.59. The highest BCUT2D eigenvalue weighted by atomic mass is 19.1. The van der Waals surface area contributed by atoms with Gasteiger partial charge in [0, 0.05) is 35.3 Å². The molecule has 5 rings (SSSR count). The molecule has 0 radical (unpaired) electrons. The Bertz CT molecular complexity index is 1200. The van der Waals surface area contributed by atoms with E-state index in [-0.39, 0.29) is 18.4 Å². The fourth-order valence-corrected chi connectivity index (χ4v) is 4.65. The van der Waals surface area contributed by atoms with E-state index in [0.717, 1.165) is 52.7 Å². The lowest BCUT2D eigenvalue weighted by Crippen LogP contribution is -2.18. The lowest BCUT2D eigenvalue weighted by molar-refractivity contribution is -0.137. The highest BCUT2D eigenvalue weighted by molar-refractivity contribution is 5.73. The molecular weight excluding hydrogens is 437 g/mol. The number of carboxylic acids is 1. The number of anilines is 3. The van der Waals surface area contributed by atoms with Crippen LogP contribution >= 0.6 is 0 Å². The summed E-state index contributed by atoms with van der Waals surface area (Å²) in [6, 6.07) is 14.9. The molecule has 176 valence electrons. The van der Waals surface area contributed by atoms with Crippen molar-refractivity contribution in [1.29, 1.82) is 0 Å². The van der Waals surface area contributed by atoms with Crippen molar-refractivity contribution in [2.45, 2.75) is 31.7 Å². The fourth-order valence-electron chi connectivity index (χ4n) is 4.65. The first-order chi connectivity index (χ1) is 16.5. The van der Waals surface area contributed by atoms with E-state index in [1.165, 1.54) is 12.3 Å². The first-order valence-electron chi connectivity index (χ1n) is 11.4. The number of para-hydroxylation sites is 1. The van der Waals surface area contributed by atoms with Gasteiger partial charge in [0.25, 0.3) is 0 Å². The molecule has 8 heteroatoms. The number of hydrogen-bond donors (Lipinski definition) is 2. The topological polar surface area (TPSA) is 83.9 Å². The van der Waals surface area contributed by atoms with Crippen LogP contribution in [0.15, 0.2) is 54.7 Å². The molecule has 2 aromatic carbocycles. The molecule has 3 heterocycles. The van der Waals surface area contributed by atoms with Crippen molar-refractivity contribution >= 4 is 23.0 Å². The zero-order chi connectivity index (χ0) is 23.7. The van der Waals surface area contributed by atoms with Gasteiger partial charge < -0.3 is 24.8 Å². The summed E-state index contributed by atoms with van der Waals surface area (Å²) in [6.45, 7) is 3.68. The van der Waals surface area contributed by atoms with E-state index < -0.39 is 11.9 Å². The SMILES string of the molecule is CCCN(c1ccc(F)nc1)c1cccc2c1OCC2Nc1ccc2c(c1)OC[C@H]2CC(=O)O. The van der Waals surface area contributed by atoms with Crippen LogP contribution < -0.4 is 19.7 Å². The van der Waals surface area contributed by atoms with Crippen molar-refractivity contribution in [1.82, 2.24) is 4.98 Å². The minimum atomic E-state index is -0.826. The third-order valence-corrected chi connectivity index (χ3v) is 6.21. The Morgan fingerprint density at radius 3 is 2.82 bits per heavy atom. The van der Waals surface area contributed by atoms with Gasteiger partial charge >= 0.3 is 5.97 Å². The minimum absolute atomic E-state index is 0.0564. The van der Waals surface area contributed by atoms with E-state index in [4.69, 9.17) is 14.6 Å². The van der Waals surface area contributed by atoms with E-state index in [0.29, 0.717) is 13.2 Å². The first-order valence-corrected chi connectivity index (χ1v) is 11.4. The predicted molar refractivity (Wildman–Crippen MR) is 127 cm³/mol. The smallest absolute Gasteiger partial charge is 0.304 e. The van der Waals surface area contributed by atoms with Crippen LogP contribution in [0.1, 0.15) is 42.9 Å². The number of fused-ring (bicyclic) bond motifs is 2. The number of nitrogens with zero attached hydrogens (tertiary/aromatic N) is 2. The molecule has 1 unspecified atom stereocenters. The number of rotatable bonds is 8. The number of carbonyl (C=O) groups is 1. The van der Waals surface area contributed by atoms with Crippen molar-refractivity contribution in [3.05, 3.63) is 71.8 Å². The molecule has 34 heavy (non-hydrogen) atoms. The summed E-state index contributed by atoms with van der Waals surface area (Å²) in [4.78, 5) is 17.0. The van der Waals surface area contributed by atoms with Crippen LogP contribution in [0, 0.1) is 5.95 Å². The summed E-state index contributed by atoms with van der Waals surface area (Å²) in [5.74, 6) is 0.0724. The number of nitrogens with one attached hydrogen (secondary N) is 1. The second-order valence-corrected chi connectivity index (χ2v) is 8.55. The van der Waals surface area contributed by atoms with E-state index in [9.17, 15) is 9.18 Å². The van der Waals surface area contributed by atoms with Crippen LogP contribution in [0.4, 0.5) is 21.5 Å². The van der Waals surface area contributed by atoms with Crippen molar-refractivity contribution < 1.29 is 23.8 Å². The van der Waals surface area contributed by atoms with Crippen molar-refractivity contribution in [3.8, 4) is 11.5 Å². The minimum Gasteiger partial charge on any atom is -0.493 e. The third-order valence-electron chi connectivity index (χ3n) is 6.21. The van der Waals surface area contributed by atoms with Gasteiger partial charge in [0.1, 0.15) is 18.1 Å². The summed E-state index contributed by atoms with van der Waals surface area (Å²) in [5, 5.41) is 12.6. The fraction of sp³-hybridized carbons (Fsp3) is 0.308. The molecule has 2 aliphatic heterocycles. The van der Waals surface area contributed by atoms with Gasteiger partial charge in [-0.3, -0.25) is 4.79 Å². The Hall–Kier alpha value is -3.81. The lowest BCUT2D eigenvalue weighted by Gasteiger charge is -2.26. The number of aliphatic carboxylic acids is 1. The van der Waals surface area contributed by atoms with Crippen molar-refractivity contribution in [3.63, 3.8) is 0 Å². The molecule has 0 aliphatic carbocycles. The number of pyridine rings is 1. The van der Waals surface area contributed by atoms with Crippen LogP contribution in [-0.4, -0.2) is 35.8 Å². The Kier molecular flexibility index (Phi) is 5.96. The number of ether oxygens (including phenoxy) is 2. The van der Waals surface area contributed by atoms with E-state index in [1.807, 2.05) is 36.4 Å². The van der Waals surface area contributed by atoms with E-state index in [1.54, 1.807) is 6.07 Å². The predicted octanol–water partition coefficient (Wildman–Crippen LogP) is 5.27. The highest BCUT2D eigenvalue weighted by Gasteiger charge is 2.30. The Morgan fingerprint density at radius 1 is 1.18 bits per heavy atom. The first kappa shape index (κ1) is 22.0. The molecule has 2 atom stereocenters. The molecule has 0 bridgehead atoms. The number of hydrogen-bond acceptors (Lipinski definition) is 6. The highest BCUT2D eigenvalue weighted by Crippen LogP contribution is 2.44. The number of halogens is 1. The van der Waals surface area contributed by atoms with Crippen LogP contribution in [0.25, 0.3) is 0 Å². The van der Waals surface area contributed by atoms with Crippen molar-refractivity contribution in [2.75, 3.05) is 30.0 Å². The summed E-state index contributed by atoms with van der Waals surface area (Å²) in [6.07, 6.45) is 2.50. The average Bonchev–Trinajstić information content (AvgIpc) is 3.42. The molecule has 1 aromatic heterocycles. The number of carboxylic acid groups (broad SMARTS) is 1. The Labute approximate surface area is 197 Å². The van der Waals surface area contributed by atoms with Gasteiger partial charge in [-0.05, 0) is 30.7 Å². The van der Waals surface area contributed by atoms with E-state index in [2.05, 4.69) is 22.1 Å². The van der Waals surface area contributed by atoms with Gasteiger partial charge in [0.2, 0.25) is 5.95 Å². The van der Waals surface area contributed by atoms with Crippen molar-refractivity contribution in [2.24, 2.45) is 0 Å². The molecule has 0 spiro atoms. The van der Waals surface area contributed by atoms with Gasteiger partial charge in [-0.2, -0.15) is 4.39 Å². The quantitative estimate of drug-likeness (QED) is 0.441. The van der Waals surface area contributed by atoms with Gasteiger partial charge in [-0.1, -0.05) is 25.1 Å². The third kappa shape index (κ3) is 4.23. The lowest BCUT2D eigenvalue weighted by atomic mass is 9.97. The molecule has 3 aromatic rings. The largest absolute Gasteiger partial charge is 0.493 e. The number of benzene rings is 2. The Morgan fingerprint density at radius 2 is 2.06 bits per heavy atom. The monoisotopic (exact) mass is 463 g/mol. The second-order valence-electron chi connectivity index (χ2n) is 8.55. The summed E-state index contributed by atoms with van der Waals surface area (Å²) >= 11 is 0. The zero-order valence-electron chi connectivity index (χ0n) is 18.8. The zero-order valence-corrected chi connectivity index (χ0v) is 18.8. The maximum absolute atomic E-state index is 13.4. The standard InChI is InChI=1S/C26H26FN3O4/c1-2-10-30(18-7-9-24(27)28-13-18)22-5-3-4-20-21(15-34-26(20)22)29-17-6-8-19-16(11-25(31)32)14-33-23(19)12-17/h3-9,12-13,16,21,29H,2,10-11,14-15H2,1H3,(H,31,32)/t16-,21?/m1/s1. The van der Waals surface area contributed by atoms with Crippen LogP contribution in [0.2, 0.25) is 0 Å². The molecule has 0 saturated heterocycles. The van der Waals surface area contributed by atoms with Gasteiger partial charge in [-0.25, -0.2) is 4.98 Å². The van der Waals surface area contributed by atoms with Crippen LogP contribution in [0.5, 0.6) is 11.5 Å². The average molecular weight is 464 g/mol. The van der Waals surface area contributed by atoms with Gasteiger partial charge in [0.05, 0.1) is 36.6 Å². The molecule has 2 aliphatic rings. The normalized spacial score (nSPS) is 17.9. The van der Waals surface area contributed by atoms with E-state index >= 15 is 0 Å². The number of aromatic nitrogens is 1. The maximum atomic E-state index is 13.4. The van der Waals surface area contributed by atoms with Gasteiger partial charge in [-0.15, -0.1) is 0 Å². The molecule has 7 nitrogen and oxygen atoms in total. The molecular formula is C26H26FN3O4.